The van der Waals surface area contributed by atoms with Gasteiger partial charge < -0.3 is 14.3 Å². The summed E-state index contributed by atoms with van der Waals surface area (Å²) < 4.78 is 11.6. The van der Waals surface area contributed by atoms with Crippen molar-refractivity contribution >= 4 is 8.32 Å². The Morgan fingerprint density at radius 3 is 2.29 bits per heavy atom. The highest BCUT2D eigenvalue weighted by molar-refractivity contribution is 6.74. The average Bonchev–Trinajstić information content (AvgIpc) is 2.50. The standard InChI is InChI=1S/C20H34O3Si/c1-8-22-19(21)14-18(17-12-10-9-11-13-17)16(2)15-23-24(6,7)20(3,4)5/h9-13,18-19,21H,2,8,14-15H2,1,3-7H3. The van der Waals surface area contributed by atoms with Crippen LogP contribution < -0.4 is 0 Å². The van der Waals surface area contributed by atoms with E-state index in [-0.39, 0.29) is 11.0 Å². The van der Waals surface area contributed by atoms with E-state index in [1.54, 1.807) is 0 Å². The molecule has 2 unspecified atom stereocenters. The minimum atomic E-state index is -1.82. The summed E-state index contributed by atoms with van der Waals surface area (Å²) in [5, 5.41) is 10.3. The first-order chi connectivity index (χ1) is 11.1. The summed E-state index contributed by atoms with van der Waals surface area (Å²) in [4.78, 5) is 0. The highest BCUT2D eigenvalue weighted by Gasteiger charge is 2.37. The molecule has 136 valence electrons. The van der Waals surface area contributed by atoms with Crippen molar-refractivity contribution in [3.05, 3.63) is 48.0 Å². The van der Waals surface area contributed by atoms with E-state index in [0.717, 1.165) is 11.1 Å². The van der Waals surface area contributed by atoms with Gasteiger partial charge in [-0.3, -0.25) is 0 Å². The largest absolute Gasteiger partial charge is 0.413 e. The summed E-state index contributed by atoms with van der Waals surface area (Å²) in [6, 6.07) is 10.2. The second kappa shape index (κ2) is 8.95. The smallest absolute Gasteiger partial charge is 0.192 e. The zero-order chi connectivity index (χ0) is 18.4. The van der Waals surface area contributed by atoms with Crippen molar-refractivity contribution in [2.75, 3.05) is 13.2 Å². The molecule has 0 aromatic heterocycles. The number of hydrogen-bond donors (Lipinski definition) is 1. The fourth-order valence-corrected chi connectivity index (χ4v) is 3.26. The van der Waals surface area contributed by atoms with Gasteiger partial charge in [0.25, 0.3) is 0 Å². The van der Waals surface area contributed by atoms with Gasteiger partial charge in [0, 0.05) is 18.9 Å². The third-order valence-electron chi connectivity index (χ3n) is 4.92. The van der Waals surface area contributed by atoms with Gasteiger partial charge in [-0.1, -0.05) is 57.7 Å². The maximum Gasteiger partial charge on any atom is 0.192 e. The fourth-order valence-electron chi connectivity index (χ4n) is 2.28. The van der Waals surface area contributed by atoms with E-state index in [1.807, 2.05) is 25.1 Å². The number of rotatable bonds is 9. The molecule has 1 N–H and O–H groups in total. The molecule has 0 amide bonds. The van der Waals surface area contributed by atoms with Crippen LogP contribution in [0.5, 0.6) is 0 Å². The van der Waals surface area contributed by atoms with Gasteiger partial charge in [-0.25, -0.2) is 0 Å². The van der Waals surface area contributed by atoms with Crippen LogP contribution in [0.1, 0.15) is 45.6 Å². The van der Waals surface area contributed by atoms with Crippen molar-refractivity contribution in [3.63, 3.8) is 0 Å². The maximum absolute atomic E-state index is 10.1. The van der Waals surface area contributed by atoms with E-state index >= 15 is 0 Å². The van der Waals surface area contributed by atoms with E-state index in [9.17, 15) is 5.11 Å². The van der Waals surface area contributed by atoms with Gasteiger partial charge in [0.1, 0.15) is 0 Å². The average molecular weight is 351 g/mol. The summed E-state index contributed by atoms with van der Waals surface area (Å²) in [6.07, 6.45) is -0.290. The first kappa shape index (κ1) is 21.1. The molecule has 0 spiro atoms. The van der Waals surface area contributed by atoms with Crippen molar-refractivity contribution in [2.45, 2.75) is 64.5 Å². The van der Waals surface area contributed by atoms with E-state index in [1.165, 1.54) is 0 Å². The predicted octanol–water partition coefficient (Wildman–Crippen LogP) is 5.09. The molecular weight excluding hydrogens is 316 g/mol. The first-order valence-electron chi connectivity index (χ1n) is 8.74. The summed E-state index contributed by atoms with van der Waals surface area (Å²) >= 11 is 0. The van der Waals surface area contributed by atoms with Crippen LogP contribution in [0.25, 0.3) is 0 Å². The zero-order valence-corrected chi connectivity index (χ0v) is 17.1. The molecule has 2 atom stereocenters. The lowest BCUT2D eigenvalue weighted by atomic mass is 9.89. The molecule has 0 aliphatic heterocycles. The van der Waals surface area contributed by atoms with E-state index in [4.69, 9.17) is 9.16 Å². The normalized spacial score (nSPS) is 15.1. The van der Waals surface area contributed by atoms with Crippen LogP contribution in [0.3, 0.4) is 0 Å². The number of aliphatic hydroxyl groups is 1. The van der Waals surface area contributed by atoms with Crippen LogP contribution in [-0.2, 0) is 9.16 Å². The van der Waals surface area contributed by atoms with Crippen LogP contribution in [0, 0.1) is 0 Å². The Morgan fingerprint density at radius 1 is 1.21 bits per heavy atom. The van der Waals surface area contributed by atoms with Gasteiger partial charge in [0.2, 0.25) is 0 Å². The van der Waals surface area contributed by atoms with Crippen LogP contribution in [-0.4, -0.2) is 32.9 Å². The van der Waals surface area contributed by atoms with Gasteiger partial charge >= 0.3 is 0 Å². The Bertz CT molecular complexity index is 505. The minimum absolute atomic E-state index is 0.0255. The molecule has 24 heavy (non-hydrogen) atoms. The van der Waals surface area contributed by atoms with E-state index in [2.05, 4.69) is 52.6 Å². The summed E-state index contributed by atoms with van der Waals surface area (Å²) in [7, 11) is -1.82. The molecular formula is C20H34O3Si. The maximum atomic E-state index is 10.1. The number of benzene rings is 1. The summed E-state index contributed by atoms with van der Waals surface area (Å²) in [6.45, 7) is 18.3. The van der Waals surface area contributed by atoms with E-state index in [0.29, 0.717) is 19.6 Å². The molecule has 1 aromatic rings. The lowest BCUT2D eigenvalue weighted by molar-refractivity contribution is -0.101. The highest BCUT2D eigenvalue weighted by atomic mass is 28.4. The predicted molar refractivity (Wildman–Crippen MR) is 104 cm³/mol. The Hall–Kier alpha value is -0.943. The van der Waals surface area contributed by atoms with Crippen LogP contribution in [0.15, 0.2) is 42.5 Å². The van der Waals surface area contributed by atoms with Crippen molar-refractivity contribution in [1.29, 1.82) is 0 Å². The number of ether oxygens (including phenoxy) is 1. The Kier molecular flexibility index (Phi) is 7.87. The van der Waals surface area contributed by atoms with Crippen molar-refractivity contribution in [1.82, 2.24) is 0 Å². The fraction of sp³-hybridized carbons (Fsp3) is 0.600. The molecule has 0 saturated heterocycles. The monoisotopic (exact) mass is 350 g/mol. The Balaban J connectivity index is 2.85. The first-order valence-corrected chi connectivity index (χ1v) is 11.7. The Morgan fingerprint density at radius 2 is 1.79 bits per heavy atom. The zero-order valence-electron chi connectivity index (χ0n) is 16.1. The SMILES string of the molecule is C=C(CO[Si](C)(C)C(C)(C)C)C(CC(O)OCC)c1ccccc1. The van der Waals surface area contributed by atoms with Crippen LogP contribution >= 0.6 is 0 Å². The molecule has 4 heteroatoms. The van der Waals surface area contributed by atoms with Crippen molar-refractivity contribution in [3.8, 4) is 0 Å². The third-order valence-corrected chi connectivity index (χ3v) is 9.39. The van der Waals surface area contributed by atoms with Gasteiger partial charge in [-0.2, -0.15) is 0 Å². The second-order valence-electron chi connectivity index (χ2n) is 7.82. The molecule has 0 radical (unpaired) electrons. The third kappa shape index (κ3) is 6.17. The number of aliphatic hydroxyl groups excluding tert-OH is 1. The lowest BCUT2D eigenvalue weighted by Gasteiger charge is -2.37. The van der Waals surface area contributed by atoms with Gasteiger partial charge in [-0.15, -0.1) is 0 Å². The van der Waals surface area contributed by atoms with Gasteiger partial charge in [-0.05, 0) is 36.2 Å². The quantitative estimate of drug-likeness (QED) is 0.383. The number of hydrogen-bond acceptors (Lipinski definition) is 3. The molecule has 0 heterocycles. The van der Waals surface area contributed by atoms with Crippen molar-refractivity contribution < 1.29 is 14.3 Å². The molecule has 0 aliphatic carbocycles. The van der Waals surface area contributed by atoms with Gasteiger partial charge in [0.05, 0.1) is 6.61 Å². The molecule has 0 aliphatic rings. The molecule has 0 saturated carbocycles. The lowest BCUT2D eigenvalue weighted by Crippen LogP contribution is -2.41. The molecule has 1 aromatic carbocycles. The summed E-state index contributed by atoms with van der Waals surface area (Å²) in [5.41, 5.74) is 2.13. The molecule has 0 bridgehead atoms. The molecule has 1 rings (SSSR count). The topological polar surface area (TPSA) is 38.7 Å². The van der Waals surface area contributed by atoms with E-state index < -0.39 is 14.6 Å². The molecule has 0 fully saturated rings. The van der Waals surface area contributed by atoms with Gasteiger partial charge in [0.15, 0.2) is 14.6 Å². The molecule has 3 nitrogen and oxygen atoms in total. The highest BCUT2D eigenvalue weighted by Crippen LogP contribution is 2.38. The van der Waals surface area contributed by atoms with Crippen molar-refractivity contribution in [2.24, 2.45) is 0 Å². The second-order valence-corrected chi connectivity index (χ2v) is 12.6. The van der Waals surface area contributed by atoms with Crippen LogP contribution in [0.2, 0.25) is 18.1 Å². The Labute approximate surface area is 148 Å². The van der Waals surface area contributed by atoms with Crippen LogP contribution in [0.4, 0.5) is 0 Å². The summed E-state index contributed by atoms with van der Waals surface area (Å²) in [5.74, 6) is 0.0255. The minimum Gasteiger partial charge on any atom is -0.413 e.